The predicted octanol–water partition coefficient (Wildman–Crippen LogP) is 7.09. The molecule has 5 aliphatic carbocycles. The highest BCUT2D eigenvalue weighted by atomic mass is 16.4. The maximum atomic E-state index is 12.8. The van der Waals surface area contributed by atoms with E-state index in [0.717, 1.165) is 38.5 Å². The number of rotatable bonds is 2. The monoisotopic (exact) mass is 456 g/mol. The normalized spacial score (nSPS) is 55.0. The lowest BCUT2D eigenvalue weighted by Crippen LogP contribution is -2.67. The van der Waals surface area contributed by atoms with Crippen LogP contribution >= 0.6 is 0 Å². The van der Waals surface area contributed by atoms with Crippen LogP contribution in [0.25, 0.3) is 0 Å². The molecule has 0 spiro atoms. The van der Waals surface area contributed by atoms with Crippen LogP contribution < -0.4 is 0 Å². The summed E-state index contributed by atoms with van der Waals surface area (Å²) in [5.74, 6) is 1.79. The first kappa shape index (κ1) is 23.9. The first-order valence-electron chi connectivity index (χ1n) is 13.8. The van der Waals surface area contributed by atoms with Crippen molar-refractivity contribution in [3.05, 3.63) is 12.2 Å². The minimum Gasteiger partial charge on any atom is -0.481 e. The van der Waals surface area contributed by atoms with Crippen molar-refractivity contribution >= 4 is 5.97 Å². The molecule has 3 heteroatoms. The lowest BCUT2D eigenvalue weighted by atomic mass is 9.32. The maximum Gasteiger partial charge on any atom is 0.309 e. The van der Waals surface area contributed by atoms with E-state index in [0.29, 0.717) is 23.7 Å². The van der Waals surface area contributed by atoms with Crippen molar-refractivity contribution < 1.29 is 15.0 Å². The summed E-state index contributed by atoms with van der Waals surface area (Å²) in [6, 6.07) is 0. The van der Waals surface area contributed by atoms with Crippen LogP contribution in [-0.4, -0.2) is 22.3 Å². The molecule has 5 fully saturated rings. The Bertz CT molecular complexity index is 861. The third-order valence-electron chi connectivity index (χ3n) is 13.5. The van der Waals surface area contributed by atoms with Gasteiger partial charge in [-0.15, -0.1) is 0 Å². The Morgan fingerprint density at radius 1 is 0.818 bits per heavy atom. The fourth-order valence-electron chi connectivity index (χ4n) is 11.5. The van der Waals surface area contributed by atoms with Gasteiger partial charge in [0.25, 0.3) is 0 Å². The van der Waals surface area contributed by atoms with Gasteiger partial charge in [-0.3, -0.25) is 4.79 Å². The summed E-state index contributed by atoms with van der Waals surface area (Å²) in [6.45, 7) is 18.8. The molecule has 0 amide bonds. The van der Waals surface area contributed by atoms with Gasteiger partial charge >= 0.3 is 5.97 Å². The Labute approximate surface area is 201 Å². The van der Waals surface area contributed by atoms with Crippen molar-refractivity contribution in [2.45, 2.75) is 112 Å². The average Bonchev–Trinajstić information content (AvgIpc) is 3.13. The van der Waals surface area contributed by atoms with E-state index < -0.39 is 11.4 Å². The Morgan fingerprint density at radius 3 is 2.15 bits per heavy atom. The molecular weight excluding hydrogens is 408 g/mol. The van der Waals surface area contributed by atoms with Gasteiger partial charge < -0.3 is 10.2 Å². The summed E-state index contributed by atoms with van der Waals surface area (Å²) < 4.78 is 0. The van der Waals surface area contributed by atoms with Gasteiger partial charge in [0.2, 0.25) is 0 Å². The van der Waals surface area contributed by atoms with E-state index in [1.54, 1.807) is 0 Å². The maximum absolute atomic E-state index is 12.8. The van der Waals surface area contributed by atoms with Crippen LogP contribution in [-0.2, 0) is 4.79 Å². The van der Waals surface area contributed by atoms with Gasteiger partial charge in [-0.25, -0.2) is 0 Å². The third-order valence-corrected chi connectivity index (χ3v) is 13.5. The summed E-state index contributed by atoms with van der Waals surface area (Å²) in [4.78, 5) is 12.8. The highest BCUT2D eigenvalue weighted by Gasteiger charge is 2.71. The van der Waals surface area contributed by atoms with E-state index in [1.165, 1.54) is 31.3 Å². The minimum absolute atomic E-state index is 0.0202. The number of aliphatic hydroxyl groups is 1. The summed E-state index contributed by atoms with van der Waals surface area (Å²) >= 11 is 0. The standard InChI is InChI=1S/C30H48O3/c1-18(2)19-10-15-30(25(32)33)17-16-28(6)20(24(19)30)8-9-22-27(5)13-12-23(31)26(3,4)21(27)11-14-29(22,28)7/h19-24,31H,1,8-17H2,2-7H3,(H,32,33)/t19-,20+,21-,22+,23+,24+,27-,28+,29+,30+/m0/s1. The molecule has 2 N–H and O–H groups in total. The van der Waals surface area contributed by atoms with Crippen LogP contribution in [0.5, 0.6) is 0 Å². The zero-order valence-corrected chi connectivity index (χ0v) is 22.0. The third kappa shape index (κ3) is 2.75. The van der Waals surface area contributed by atoms with E-state index in [9.17, 15) is 15.0 Å². The molecule has 33 heavy (non-hydrogen) atoms. The van der Waals surface area contributed by atoms with Crippen molar-refractivity contribution in [1.82, 2.24) is 0 Å². The number of aliphatic carboxylic acids is 1. The molecule has 0 aromatic heterocycles. The lowest BCUT2D eigenvalue weighted by molar-refractivity contribution is -0.248. The van der Waals surface area contributed by atoms with Crippen molar-refractivity contribution in [3.63, 3.8) is 0 Å². The van der Waals surface area contributed by atoms with Gasteiger partial charge in [0.05, 0.1) is 11.5 Å². The van der Waals surface area contributed by atoms with Crippen LogP contribution in [0.3, 0.4) is 0 Å². The second-order valence-electron chi connectivity index (χ2n) is 14.5. The summed E-state index contributed by atoms with van der Waals surface area (Å²) in [5, 5.41) is 21.4. The average molecular weight is 457 g/mol. The van der Waals surface area contributed by atoms with E-state index in [-0.39, 0.29) is 33.7 Å². The van der Waals surface area contributed by atoms with Crippen LogP contribution in [0, 0.1) is 56.7 Å². The van der Waals surface area contributed by atoms with Gasteiger partial charge in [-0.2, -0.15) is 0 Å². The quantitative estimate of drug-likeness (QED) is 0.436. The van der Waals surface area contributed by atoms with E-state index in [1.807, 2.05) is 0 Å². The topological polar surface area (TPSA) is 57.5 Å². The van der Waals surface area contributed by atoms with Crippen molar-refractivity contribution in [2.75, 3.05) is 0 Å². The number of carboxylic acid groups (broad SMARTS) is 1. The molecule has 0 aliphatic heterocycles. The van der Waals surface area contributed by atoms with Crippen molar-refractivity contribution in [2.24, 2.45) is 56.7 Å². The lowest BCUT2D eigenvalue weighted by Gasteiger charge is -2.72. The molecule has 5 rings (SSSR count). The molecule has 5 saturated carbocycles. The van der Waals surface area contributed by atoms with Gasteiger partial charge in [-0.05, 0) is 122 Å². The first-order chi connectivity index (χ1) is 15.3. The first-order valence-corrected chi connectivity index (χ1v) is 13.8. The highest BCUT2D eigenvalue weighted by Crippen LogP contribution is 2.77. The van der Waals surface area contributed by atoms with Gasteiger partial charge in [0, 0.05) is 0 Å². The molecule has 0 aromatic rings. The highest BCUT2D eigenvalue weighted by molar-refractivity contribution is 5.76. The summed E-state index contributed by atoms with van der Waals surface area (Å²) in [6.07, 6.45) is 10.5. The molecule has 0 bridgehead atoms. The van der Waals surface area contributed by atoms with Gasteiger partial charge in [0.1, 0.15) is 0 Å². The number of fused-ring (bicyclic) bond motifs is 7. The molecular formula is C30H48O3. The molecule has 5 aliphatic rings. The second-order valence-corrected chi connectivity index (χ2v) is 14.5. The molecule has 0 unspecified atom stereocenters. The zero-order chi connectivity index (χ0) is 24.2. The molecule has 0 radical (unpaired) electrons. The van der Waals surface area contributed by atoms with Crippen LogP contribution in [0.2, 0.25) is 0 Å². The molecule has 0 heterocycles. The Balaban J connectivity index is 1.57. The van der Waals surface area contributed by atoms with E-state index in [4.69, 9.17) is 0 Å². The fraction of sp³-hybridized carbons (Fsp3) is 0.900. The second kappa shape index (κ2) is 7.11. The summed E-state index contributed by atoms with van der Waals surface area (Å²) in [5.41, 5.74) is 1.35. The van der Waals surface area contributed by atoms with Crippen molar-refractivity contribution in [3.8, 4) is 0 Å². The summed E-state index contributed by atoms with van der Waals surface area (Å²) in [7, 11) is 0. The van der Waals surface area contributed by atoms with E-state index >= 15 is 0 Å². The minimum atomic E-state index is -0.538. The Hall–Kier alpha value is -0.830. The number of carboxylic acids is 1. The predicted molar refractivity (Wildman–Crippen MR) is 133 cm³/mol. The number of hydrogen-bond acceptors (Lipinski definition) is 2. The van der Waals surface area contributed by atoms with Crippen LogP contribution in [0.1, 0.15) is 106 Å². The fourth-order valence-corrected chi connectivity index (χ4v) is 11.5. The van der Waals surface area contributed by atoms with Crippen molar-refractivity contribution in [1.29, 1.82) is 0 Å². The molecule has 3 nitrogen and oxygen atoms in total. The van der Waals surface area contributed by atoms with Crippen LogP contribution in [0.15, 0.2) is 12.2 Å². The largest absolute Gasteiger partial charge is 0.481 e. The number of aliphatic hydroxyl groups excluding tert-OH is 1. The van der Waals surface area contributed by atoms with Gasteiger partial charge in [0.15, 0.2) is 0 Å². The Kier molecular flexibility index (Phi) is 5.15. The molecule has 10 atom stereocenters. The SMILES string of the molecule is C=C(C)[C@@H]1CC[C@@]2(C(=O)O)CC[C@]3(C)[C@H](CC[C@@H]4[C@@]5(C)CC[C@@H](O)C(C)(C)[C@@H]5CC[C@]43C)[C@@H]12. The van der Waals surface area contributed by atoms with Crippen LogP contribution in [0.4, 0.5) is 0 Å². The van der Waals surface area contributed by atoms with E-state index in [2.05, 4.69) is 48.1 Å². The number of hydrogen-bond donors (Lipinski definition) is 2. The number of carbonyl (C=O) groups is 1. The molecule has 0 saturated heterocycles. The number of allylic oxidation sites excluding steroid dienone is 1. The zero-order valence-electron chi connectivity index (χ0n) is 22.0. The van der Waals surface area contributed by atoms with Gasteiger partial charge in [-0.1, -0.05) is 46.8 Å². The Morgan fingerprint density at radius 2 is 1.52 bits per heavy atom. The molecule has 0 aromatic carbocycles. The molecule has 186 valence electrons. The smallest absolute Gasteiger partial charge is 0.309 e.